The first kappa shape index (κ1) is 21.1. The molecule has 0 aliphatic rings. The molecule has 0 aliphatic heterocycles. The van der Waals surface area contributed by atoms with Crippen LogP contribution < -0.4 is 5.32 Å². The van der Waals surface area contributed by atoms with Crippen molar-refractivity contribution < 1.29 is 29.6 Å². The molecule has 0 bridgehead atoms. The molecule has 2 unspecified atom stereocenters. The Bertz CT molecular complexity index is 788. The van der Waals surface area contributed by atoms with E-state index in [1.54, 1.807) is 24.3 Å². The van der Waals surface area contributed by atoms with Crippen LogP contribution in [0.1, 0.15) is 29.2 Å². The lowest BCUT2D eigenvalue weighted by Crippen LogP contribution is -2.29. The highest BCUT2D eigenvalue weighted by molar-refractivity contribution is 5.85. The Labute approximate surface area is 162 Å². The molecule has 2 atom stereocenters. The van der Waals surface area contributed by atoms with Crippen LogP contribution in [0.25, 0.3) is 6.08 Å². The van der Waals surface area contributed by atoms with E-state index in [0.29, 0.717) is 11.1 Å². The van der Waals surface area contributed by atoms with Gasteiger partial charge in [-0.3, -0.25) is 0 Å². The van der Waals surface area contributed by atoms with Crippen molar-refractivity contribution in [2.75, 3.05) is 6.54 Å². The van der Waals surface area contributed by atoms with Gasteiger partial charge in [0, 0.05) is 12.6 Å². The van der Waals surface area contributed by atoms with Crippen LogP contribution in [0.15, 0.2) is 60.7 Å². The van der Waals surface area contributed by atoms with E-state index in [4.69, 9.17) is 9.84 Å². The second-order valence-electron chi connectivity index (χ2n) is 6.13. The standard InChI is InChI=1S/C21H23NO6/c23-18(12-13-22-21(27)28-14-16-4-2-1-3-5-16)20(26)17-9-6-15(7-10-17)8-11-19(24)25/h1-11,18,20,23,26H,12-14H2,(H,22,27)(H,24,25)/b11-8+. The highest BCUT2D eigenvalue weighted by Gasteiger charge is 2.18. The van der Waals surface area contributed by atoms with Gasteiger partial charge in [-0.2, -0.15) is 0 Å². The van der Waals surface area contributed by atoms with Gasteiger partial charge in [0.05, 0.1) is 6.10 Å². The van der Waals surface area contributed by atoms with Gasteiger partial charge in [0.25, 0.3) is 0 Å². The third kappa shape index (κ3) is 7.22. The number of carbonyl (C=O) groups excluding carboxylic acids is 1. The number of carboxylic acids is 1. The number of carboxylic acid groups (broad SMARTS) is 1. The fraction of sp³-hybridized carbons (Fsp3) is 0.238. The molecular weight excluding hydrogens is 362 g/mol. The summed E-state index contributed by atoms with van der Waals surface area (Å²) in [6, 6.07) is 15.8. The topological polar surface area (TPSA) is 116 Å². The van der Waals surface area contributed by atoms with E-state index >= 15 is 0 Å². The van der Waals surface area contributed by atoms with Crippen LogP contribution in [-0.4, -0.2) is 40.0 Å². The van der Waals surface area contributed by atoms with Crippen LogP contribution >= 0.6 is 0 Å². The van der Waals surface area contributed by atoms with Crippen molar-refractivity contribution in [3.8, 4) is 0 Å². The lowest BCUT2D eigenvalue weighted by Gasteiger charge is -2.18. The Balaban J connectivity index is 1.73. The summed E-state index contributed by atoms with van der Waals surface area (Å²) in [5.41, 5.74) is 2.03. The van der Waals surface area contributed by atoms with Crippen LogP contribution in [0.3, 0.4) is 0 Å². The van der Waals surface area contributed by atoms with Crippen LogP contribution in [0.5, 0.6) is 0 Å². The van der Waals surface area contributed by atoms with Gasteiger partial charge in [0.15, 0.2) is 0 Å². The zero-order valence-corrected chi connectivity index (χ0v) is 15.2. The Morgan fingerprint density at radius 2 is 1.71 bits per heavy atom. The highest BCUT2D eigenvalue weighted by Crippen LogP contribution is 2.19. The minimum Gasteiger partial charge on any atom is -0.478 e. The number of aliphatic hydroxyl groups excluding tert-OH is 2. The zero-order chi connectivity index (χ0) is 20.4. The molecule has 2 rings (SSSR count). The molecule has 28 heavy (non-hydrogen) atoms. The summed E-state index contributed by atoms with van der Waals surface area (Å²) >= 11 is 0. The molecule has 0 heterocycles. The molecule has 0 aromatic heterocycles. The maximum Gasteiger partial charge on any atom is 0.407 e. The molecular formula is C21H23NO6. The van der Waals surface area contributed by atoms with Crippen LogP contribution in [-0.2, 0) is 16.1 Å². The first-order chi connectivity index (χ1) is 13.5. The van der Waals surface area contributed by atoms with Gasteiger partial charge in [-0.05, 0) is 29.2 Å². The molecule has 0 aliphatic carbocycles. The van der Waals surface area contributed by atoms with Crippen molar-refractivity contribution >= 4 is 18.1 Å². The minimum atomic E-state index is -1.13. The number of amides is 1. The Morgan fingerprint density at radius 1 is 1.04 bits per heavy atom. The molecule has 2 aromatic rings. The molecule has 2 aromatic carbocycles. The number of nitrogens with one attached hydrogen (secondary N) is 1. The van der Waals surface area contributed by atoms with Gasteiger partial charge < -0.3 is 25.4 Å². The third-order valence-corrected chi connectivity index (χ3v) is 3.98. The number of benzene rings is 2. The maximum atomic E-state index is 11.7. The number of aliphatic hydroxyl groups is 2. The largest absolute Gasteiger partial charge is 0.478 e. The first-order valence-corrected chi connectivity index (χ1v) is 8.77. The fourth-order valence-corrected chi connectivity index (χ4v) is 2.45. The van der Waals surface area contributed by atoms with Gasteiger partial charge in [-0.1, -0.05) is 54.6 Å². The van der Waals surface area contributed by atoms with Gasteiger partial charge in [0.2, 0.25) is 0 Å². The van der Waals surface area contributed by atoms with Crippen molar-refractivity contribution in [2.45, 2.75) is 25.2 Å². The molecule has 0 radical (unpaired) electrons. The normalized spacial score (nSPS) is 13.1. The van der Waals surface area contributed by atoms with Gasteiger partial charge in [-0.25, -0.2) is 9.59 Å². The first-order valence-electron chi connectivity index (χ1n) is 8.77. The third-order valence-electron chi connectivity index (χ3n) is 3.98. The average molecular weight is 385 g/mol. The number of rotatable bonds is 9. The molecule has 0 fully saturated rings. The number of aliphatic carboxylic acids is 1. The lowest BCUT2D eigenvalue weighted by atomic mass is 10.0. The summed E-state index contributed by atoms with van der Waals surface area (Å²) in [6.45, 7) is 0.297. The maximum absolute atomic E-state index is 11.7. The molecule has 148 valence electrons. The fourth-order valence-electron chi connectivity index (χ4n) is 2.45. The van der Waals surface area contributed by atoms with E-state index in [9.17, 15) is 19.8 Å². The van der Waals surface area contributed by atoms with Crippen LogP contribution in [0.4, 0.5) is 4.79 Å². The van der Waals surface area contributed by atoms with E-state index in [1.807, 2.05) is 30.3 Å². The van der Waals surface area contributed by atoms with Crippen molar-refractivity contribution in [3.63, 3.8) is 0 Å². The average Bonchev–Trinajstić information content (AvgIpc) is 2.71. The molecule has 7 nitrogen and oxygen atoms in total. The van der Waals surface area contributed by atoms with E-state index in [-0.39, 0.29) is 19.6 Å². The second kappa shape index (κ2) is 10.9. The van der Waals surface area contributed by atoms with Crippen molar-refractivity contribution in [1.29, 1.82) is 0 Å². The number of hydrogen-bond acceptors (Lipinski definition) is 5. The Morgan fingerprint density at radius 3 is 2.36 bits per heavy atom. The summed E-state index contributed by atoms with van der Waals surface area (Å²) in [7, 11) is 0. The van der Waals surface area contributed by atoms with Crippen LogP contribution in [0, 0.1) is 0 Å². The monoisotopic (exact) mass is 385 g/mol. The van der Waals surface area contributed by atoms with Crippen molar-refractivity contribution in [1.82, 2.24) is 5.32 Å². The number of alkyl carbamates (subject to hydrolysis) is 1. The minimum absolute atomic E-state index is 0.141. The summed E-state index contributed by atoms with van der Waals surface area (Å²) < 4.78 is 5.07. The molecule has 0 saturated heterocycles. The molecule has 7 heteroatoms. The van der Waals surface area contributed by atoms with Crippen LogP contribution in [0.2, 0.25) is 0 Å². The highest BCUT2D eigenvalue weighted by atomic mass is 16.5. The quantitative estimate of drug-likeness (QED) is 0.493. The van der Waals surface area contributed by atoms with Crippen molar-refractivity contribution in [3.05, 3.63) is 77.4 Å². The second-order valence-corrected chi connectivity index (χ2v) is 6.13. The summed E-state index contributed by atoms with van der Waals surface area (Å²) in [5, 5.41) is 31.4. The molecule has 4 N–H and O–H groups in total. The predicted molar refractivity (Wildman–Crippen MR) is 103 cm³/mol. The molecule has 0 saturated carbocycles. The SMILES string of the molecule is O=C(O)/C=C/c1ccc(C(O)C(O)CCNC(=O)OCc2ccccc2)cc1. The van der Waals surface area contributed by atoms with E-state index in [0.717, 1.165) is 11.6 Å². The van der Waals surface area contributed by atoms with Crippen molar-refractivity contribution in [2.24, 2.45) is 0 Å². The van der Waals surface area contributed by atoms with Gasteiger partial charge in [-0.15, -0.1) is 0 Å². The van der Waals surface area contributed by atoms with E-state index < -0.39 is 24.3 Å². The van der Waals surface area contributed by atoms with Gasteiger partial charge in [0.1, 0.15) is 12.7 Å². The van der Waals surface area contributed by atoms with E-state index in [1.165, 1.54) is 6.08 Å². The summed E-state index contributed by atoms with van der Waals surface area (Å²) in [5.74, 6) is -1.05. The number of hydrogen-bond donors (Lipinski definition) is 4. The van der Waals surface area contributed by atoms with E-state index in [2.05, 4.69) is 5.32 Å². The smallest absolute Gasteiger partial charge is 0.407 e. The molecule has 0 spiro atoms. The van der Waals surface area contributed by atoms with Gasteiger partial charge >= 0.3 is 12.1 Å². The predicted octanol–water partition coefficient (Wildman–Crippen LogP) is 2.50. The Kier molecular flexibility index (Phi) is 8.20. The number of ether oxygens (including phenoxy) is 1. The Hall–Kier alpha value is -3.16. The summed E-state index contributed by atoms with van der Waals surface area (Å²) in [4.78, 5) is 22.2. The summed E-state index contributed by atoms with van der Waals surface area (Å²) in [6.07, 6.45) is -0.208. The zero-order valence-electron chi connectivity index (χ0n) is 15.2. The number of carbonyl (C=O) groups is 2. The lowest BCUT2D eigenvalue weighted by molar-refractivity contribution is -0.131. The molecule has 1 amide bonds.